The predicted octanol–water partition coefficient (Wildman–Crippen LogP) is 1.57. The summed E-state index contributed by atoms with van der Waals surface area (Å²) < 4.78 is 3.86. The lowest BCUT2D eigenvalue weighted by Gasteiger charge is -2.05. The van der Waals surface area contributed by atoms with Crippen LogP contribution in [0.1, 0.15) is 18.3 Å². The molecule has 0 aliphatic carbocycles. The molecule has 6 nitrogen and oxygen atoms in total. The Kier molecular flexibility index (Phi) is 2.72. The van der Waals surface area contributed by atoms with Gasteiger partial charge in [0.1, 0.15) is 25.0 Å². The standard InChI is InChI=1S/C13H12N6/c1-2-19-12-4-3-10(6-14)5-11(12)17-13(19)7-18-9-15-8-16-18/h3-5,8-9H,2,7H2,1H3. The average Bonchev–Trinajstić information content (AvgIpc) is 3.05. The van der Waals surface area contributed by atoms with E-state index in [0.717, 1.165) is 23.4 Å². The van der Waals surface area contributed by atoms with Crippen molar-refractivity contribution in [2.24, 2.45) is 0 Å². The first kappa shape index (κ1) is 11.4. The van der Waals surface area contributed by atoms with Gasteiger partial charge in [-0.2, -0.15) is 10.4 Å². The zero-order valence-electron chi connectivity index (χ0n) is 10.5. The summed E-state index contributed by atoms with van der Waals surface area (Å²) >= 11 is 0. The number of fused-ring (bicyclic) bond motifs is 1. The highest BCUT2D eigenvalue weighted by atomic mass is 15.3. The first-order chi connectivity index (χ1) is 9.31. The van der Waals surface area contributed by atoms with Crippen LogP contribution in [0.25, 0.3) is 11.0 Å². The van der Waals surface area contributed by atoms with E-state index in [1.165, 1.54) is 6.33 Å². The van der Waals surface area contributed by atoms with Crippen molar-refractivity contribution < 1.29 is 0 Å². The molecule has 0 aliphatic rings. The Morgan fingerprint density at radius 1 is 1.37 bits per heavy atom. The second-order valence-corrected chi connectivity index (χ2v) is 4.18. The minimum atomic E-state index is 0.574. The maximum absolute atomic E-state index is 8.93. The smallest absolute Gasteiger partial charge is 0.137 e. The third-order valence-corrected chi connectivity index (χ3v) is 3.04. The van der Waals surface area contributed by atoms with Gasteiger partial charge in [0, 0.05) is 6.54 Å². The summed E-state index contributed by atoms with van der Waals surface area (Å²) in [5, 5.41) is 13.0. The predicted molar refractivity (Wildman–Crippen MR) is 69.2 cm³/mol. The van der Waals surface area contributed by atoms with Crippen LogP contribution in [-0.4, -0.2) is 24.3 Å². The first-order valence-electron chi connectivity index (χ1n) is 6.03. The van der Waals surface area contributed by atoms with Gasteiger partial charge < -0.3 is 4.57 Å². The Hall–Kier alpha value is -2.68. The fourth-order valence-corrected chi connectivity index (χ4v) is 2.18. The summed E-state index contributed by atoms with van der Waals surface area (Å²) in [4.78, 5) is 8.52. The molecule has 3 aromatic rings. The molecule has 3 rings (SSSR count). The summed E-state index contributed by atoms with van der Waals surface area (Å²) in [7, 11) is 0. The van der Waals surface area contributed by atoms with Crippen LogP contribution < -0.4 is 0 Å². The fourth-order valence-electron chi connectivity index (χ4n) is 2.18. The average molecular weight is 252 g/mol. The van der Waals surface area contributed by atoms with E-state index in [-0.39, 0.29) is 0 Å². The molecule has 0 spiro atoms. The number of rotatable bonds is 3. The zero-order chi connectivity index (χ0) is 13.2. The number of aromatic nitrogens is 5. The van der Waals surface area contributed by atoms with Gasteiger partial charge in [-0.15, -0.1) is 0 Å². The summed E-state index contributed by atoms with van der Waals surface area (Å²) in [6.07, 6.45) is 3.17. The van der Waals surface area contributed by atoms with Gasteiger partial charge >= 0.3 is 0 Å². The Morgan fingerprint density at radius 2 is 2.26 bits per heavy atom. The third kappa shape index (κ3) is 1.95. The van der Waals surface area contributed by atoms with Crippen LogP contribution in [0.4, 0.5) is 0 Å². The highest BCUT2D eigenvalue weighted by Gasteiger charge is 2.10. The first-order valence-corrected chi connectivity index (χ1v) is 6.03. The summed E-state index contributed by atoms with van der Waals surface area (Å²) in [5.74, 6) is 0.915. The van der Waals surface area contributed by atoms with Crippen molar-refractivity contribution in [2.75, 3.05) is 0 Å². The van der Waals surface area contributed by atoms with Gasteiger partial charge in [0.2, 0.25) is 0 Å². The van der Waals surface area contributed by atoms with Crippen LogP contribution in [0.3, 0.4) is 0 Å². The minimum Gasteiger partial charge on any atom is -0.327 e. The van der Waals surface area contributed by atoms with Gasteiger partial charge in [-0.05, 0) is 25.1 Å². The molecule has 1 aromatic carbocycles. The van der Waals surface area contributed by atoms with Crippen molar-refractivity contribution >= 4 is 11.0 Å². The number of nitriles is 1. The highest BCUT2D eigenvalue weighted by Crippen LogP contribution is 2.18. The Bertz CT molecular complexity index is 747. The van der Waals surface area contributed by atoms with E-state index in [4.69, 9.17) is 5.26 Å². The van der Waals surface area contributed by atoms with Crippen LogP contribution in [0.2, 0.25) is 0 Å². The molecule has 0 saturated heterocycles. The molecule has 0 fully saturated rings. The number of aryl methyl sites for hydroxylation is 1. The Labute approximate surface area is 109 Å². The molecule has 0 unspecified atom stereocenters. The van der Waals surface area contributed by atoms with Crippen molar-refractivity contribution in [3.05, 3.63) is 42.2 Å². The van der Waals surface area contributed by atoms with Gasteiger partial charge in [-0.25, -0.2) is 14.6 Å². The highest BCUT2D eigenvalue weighted by molar-refractivity contribution is 5.77. The van der Waals surface area contributed by atoms with Gasteiger partial charge in [0.05, 0.1) is 22.7 Å². The lowest BCUT2D eigenvalue weighted by molar-refractivity contribution is 0.613. The van der Waals surface area contributed by atoms with Gasteiger partial charge in [-0.3, -0.25) is 0 Å². The zero-order valence-corrected chi connectivity index (χ0v) is 10.5. The van der Waals surface area contributed by atoms with Crippen molar-refractivity contribution in [3.63, 3.8) is 0 Å². The lowest BCUT2D eigenvalue weighted by atomic mass is 10.2. The molecule has 94 valence electrons. The lowest BCUT2D eigenvalue weighted by Crippen LogP contribution is -2.08. The molecule has 2 heterocycles. The molecule has 0 amide bonds. The van der Waals surface area contributed by atoms with E-state index in [9.17, 15) is 0 Å². The van der Waals surface area contributed by atoms with E-state index in [1.807, 2.05) is 18.2 Å². The molecule has 0 radical (unpaired) electrons. The molecule has 0 saturated carbocycles. The molecule has 2 aromatic heterocycles. The quantitative estimate of drug-likeness (QED) is 0.709. The number of nitrogens with zero attached hydrogens (tertiary/aromatic N) is 6. The number of benzene rings is 1. The molecule has 0 N–H and O–H groups in total. The van der Waals surface area contributed by atoms with Crippen molar-refractivity contribution in [3.8, 4) is 6.07 Å². The van der Waals surface area contributed by atoms with Crippen LogP contribution in [-0.2, 0) is 13.1 Å². The second-order valence-electron chi connectivity index (χ2n) is 4.18. The summed E-state index contributed by atoms with van der Waals surface area (Å²) in [5.41, 5.74) is 2.51. The van der Waals surface area contributed by atoms with Gasteiger partial charge in [0.25, 0.3) is 0 Å². The maximum Gasteiger partial charge on any atom is 0.137 e. The Balaban J connectivity index is 2.11. The van der Waals surface area contributed by atoms with Crippen molar-refractivity contribution in [2.45, 2.75) is 20.0 Å². The summed E-state index contributed by atoms with van der Waals surface area (Å²) in [6, 6.07) is 7.70. The number of hydrogen-bond acceptors (Lipinski definition) is 4. The van der Waals surface area contributed by atoms with E-state index >= 15 is 0 Å². The third-order valence-electron chi connectivity index (χ3n) is 3.04. The Morgan fingerprint density at radius 3 is 2.95 bits per heavy atom. The molecule has 0 aliphatic heterocycles. The van der Waals surface area contributed by atoms with Gasteiger partial charge in [0.15, 0.2) is 0 Å². The van der Waals surface area contributed by atoms with Gasteiger partial charge in [-0.1, -0.05) is 0 Å². The van der Waals surface area contributed by atoms with Crippen LogP contribution in [0, 0.1) is 11.3 Å². The van der Waals surface area contributed by atoms with E-state index in [0.29, 0.717) is 12.1 Å². The normalized spacial score (nSPS) is 10.7. The number of hydrogen-bond donors (Lipinski definition) is 0. The SMILES string of the molecule is CCn1c(Cn2cncn2)nc2cc(C#N)ccc21. The molecular formula is C13H12N6. The van der Waals surface area contributed by atoms with Crippen molar-refractivity contribution in [1.29, 1.82) is 5.26 Å². The van der Waals surface area contributed by atoms with Crippen LogP contribution in [0.5, 0.6) is 0 Å². The van der Waals surface area contributed by atoms with E-state index < -0.39 is 0 Å². The largest absolute Gasteiger partial charge is 0.327 e. The second kappa shape index (κ2) is 4.53. The van der Waals surface area contributed by atoms with Crippen LogP contribution >= 0.6 is 0 Å². The van der Waals surface area contributed by atoms with E-state index in [2.05, 4.69) is 32.6 Å². The summed E-state index contributed by atoms with van der Waals surface area (Å²) in [6.45, 7) is 3.47. The molecule has 0 atom stereocenters. The minimum absolute atomic E-state index is 0.574. The topological polar surface area (TPSA) is 72.3 Å². The monoisotopic (exact) mass is 252 g/mol. The molecule has 19 heavy (non-hydrogen) atoms. The van der Waals surface area contributed by atoms with Crippen molar-refractivity contribution in [1.82, 2.24) is 24.3 Å². The molecule has 0 bridgehead atoms. The van der Waals surface area contributed by atoms with E-state index in [1.54, 1.807) is 11.0 Å². The van der Waals surface area contributed by atoms with Crippen LogP contribution in [0.15, 0.2) is 30.9 Å². The fraction of sp³-hybridized carbons (Fsp3) is 0.231. The molecule has 6 heteroatoms. The number of imidazole rings is 1. The molecular weight excluding hydrogens is 240 g/mol. The maximum atomic E-state index is 8.93.